The first kappa shape index (κ1) is 25.8. The van der Waals surface area contributed by atoms with Crippen molar-refractivity contribution in [3.8, 4) is 6.07 Å². The fraction of sp³-hybridized carbons (Fsp3) is 0.519. The number of hydrogen-bond donors (Lipinski definition) is 0. The van der Waals surface area contributed by atoms with Crippen LogP contribution >= 0.6 is 0 Å². The lowest BCUT2D eigenvalue weighted by Gasteiger charge is -2.48. The minimum atomic E-state index is -4.08. The molecule has 0 aliphatic carbocycles. The van der Waals surface area contributed by atoms with Crippen LogP contribution in [0.1, 0.15) is 56.1 Å². The SMILES string of the molecule is C[N+]1(CCCC(F)(F)F)C2CCC1CC(CC(C#N)(c1ccccc1)c1ccccc1)C2.[Br-]. The first-order valence-corrected chi connectivity index (χ1v) is 11.7. The number of nitrogens with zero attached hydrogens (tertiary/aromatic N) is 2. The fourth-order valence-corrected chi connectivity index (χ4v) is 6.46. The predicted molar refractivity (Wildman–Crippen MR) is 120 cm³/mol. The minimum absolute atomic E-state index is 0. The first-order chi connectivity index (χ1) is 15.3. The molecule has 2 bridgehead atoms. The Labute approximate surface area is 205 Å². The van der Waals surface area contributed by atoms with Crippen molar-refractivity contribution in [2.24, 2.45) is 5.92 Å². The highest BCUT2D eigenvalue weighted by Crippen LogP contribution is 2.49. The number of hydrogen-bond acceptors (Lipinski definition) is 1. The van der Waals surface area contributed by atoms with Crippen LogP contribution in [-0.4, -0.2) is 36.3 Å². The van der Waals surface area contributed by atoms with Crippen LogP contribution in [0.15, 0.2) is 60.7 Å². The largest absolute Gasteiger partial charge is 1.00 e. The van der Waals surface area contributed by atoms with E-state index in [4.69, 9.17) is 0 Å². The molecule has 2 fully saturated rings. The maximum Gasteiger partial charge on any atom is 0.389 e. The van der Waals surface area contributed by atoms with E-state index in [1.807, 2.05) is 60.7 Å². The van der Waals surface area contributed by atoms with Crippen molar-refractivity contribution in [2.45, 2.75) is 68.6 Å². The van der Waals surface area contributed by atoms with Crippen molar-refractivity contribution in [2.75, 3.05) is 13.6 Å². The zero-order chi connectivity index (χ0) is 22.8. The van der Waals surface area contributed by atoms with Gasteiger partial charge >= 0.3 is 6.18 Å². The lowest BCUT2D eigenvalue weighted by molar-refractivity contribution is -0.949. The Balaban J connectivity index is 0.00000306. The van der Waals surface area contributed by atoms with Gasteiger partial charge in [-0.3, -0.25) is 0 Å². The summed E-state index contributed by atoms with van der Waals surface area (Å²) < 4.78 is 38.9. The molecule has 0 saturated carbocycles. The number of alkyl halides is 3. The van der Waals surface area contributed by atoms with Gasteiger partial charge in [-0.15, -0.1) is 0 Å². The number of halogens is 4. The Morgan fingerprint density at radius 3 is 1.82 bits per heavy atom. The van der Waals surface area contributed by atoms with E-state index in [-0.39, 0.29) is 23.4 Å². The van der Waals surface area contributed by atoms with Crippen LogP contribution in [0, 0.1) is 17.2 Å². The van der Waals surface area contributed by atoms with E-state index in [2.05, 4.69) is 13.1 Å². The van der Waals surface area contributed by atoms with Gasteiger partial charge in [0.15, 0.2) is 0 Å². The molecule has 2 aliphatic heterocycles. The van der Waals surface area contributed by atoms with E-state index >= 15 is 0 Å². The topological polar surface area (TPSA) is 23.8 Å². The van der Waals surface area contributed by atoms with Gasteiger partial charge in [0.1, 0.15) is 5.41 Å². The second-order valence-electron chi connectivity index (χ2n) is 9.96. The van der Waals surface area contributed by atoms with Crippen molar-refractivity contribution >= 4 is 0 Å². The summed E-state index contributed by atoms with van der Waals surface area (Å²) in [6.45, 7) is 0.600. The Morgan fingerprint density at radius 2 is 1.39 bits per heavy atom. The van der Waals surface area contributed by atoms with Gasteiger partial charge in [0.25, 0.3) is 0 Å². The van der Waals surface area contributed by atoms with Gasteiger partial charge in [0.2, 0.25) is 0 Å². The number of rotatable bonds is 7. The summed E-state index contributed by atoms with van der Waals surface area (Å²) in [6, 6.07) is 23.6. The van der Waals surface area contributed by atoms with E-state index in [9.17, 15) is 18.4 Å². The summed E-state index contributed by atoms with van der Waals surface area (Å²) in [5.74, 6) is 0.390. The average molecular weight is 521 g/mol. The molecule has 0 spiro atoms. The third kappa shape index (κ3) is 5.30. The minimum Gasteiger partial charge on any atom is -1.00 e. The van der Waals surface area contributed by atoms with Crippen LogP contribution in [-0.2, 0) is 5.41 Å². The molecule has 2 atom stereocenters. The van der Waals surface area contributed by atoms with Crippen molar-refractivity contribution in [1.29, 1.82) is 5.26 Å². The molecule has 0 amide bonds. The van der Waals surface area contributed by atoms with Gasteiger partial charge in [0.05, 0.1) is 31.7 Å². The zero-order valence-electron chi connectivity index (χ0n) is 19.1. The molecule has 0 aromatic heterocycles. The van der Waals surface area contributed by atoms with Crippen molar-refractivity contribution in [3.05, 3.63) is 71.8 Å². The standard InChI is InChI=1S/C27H32F3N2.BrH/c1-32(16-8-15-27(28,29)30)24-13-14-25(32)18-21(17-24)19-26(20-31,22-9-4-2-5-10-22)23-11-6-3-7-12-23;/h2-7,9-12,21,24-25H,8,13-19H2,1H3;1H/q+1;/p-1. The number of benzene rings is 2. The van der Waals surface area contributed by atoms with Crippen LogP contribution in [0.25, 0.3) is 0 Å². The molecule has 33 heavy (non-hydrogen) atoms. The smallest absolute Gasteiger partial charge is 0.389 e. The second-order valence-corrected chi connectivity index (χ2v) is 9.96. The molecule has 0 N–H and O–H groups in total. The van der Waals surface area contributed by atoms with Crippen molar-refractivity contribution < 1.29 is 34.6 Å². The highest BCUT2D eigenvalue weighted by Gasteiger charge is 2.52. The number of nitriles is 1. The maximum absolute atomic E-state index is 12.7. The van der Waals surface area contributed by atoms with Gasteiger partial charge in [-0.25, -0.2) is 0 Å². The Kier molecular flexibility index (Phi) is 7.96. The summed E-state index contributed by atoms with van der Waals surface area (Å²) in [6.07, 6.45) is 0.336. The van der Waals surface area contributed by atoms with E-state index < -0.39 is 18.0 Å². The molecular formula is C27H32BrF3N2. The van der Waals surface area contributed by atoms with Gasteiger partial charge in [-0.2, -0.15) is 18.4 Å². The average Bonchev–Trinajstić information content (AvgIpc) is 2.94. The van der Waals surface area contributed by atoms with E-state index in [1.54, 1.807) is 0 Å². The molecule has 2 aromatic rings. The molecule has 2 unspecified atom stereocenters. The Hall–Kier alpha value is -1.84. The lowest BCUT2D eigenvalue weighted by atomic mass is 9.67. The first-order valence-electron chi connectivity index (χ1n) is 11.7. The highest BCUT2D eigenvalue weighted by atomic mass is 79.9. The lowest BCUT2D eigenvalue weighted by Crippen LogP contribution is -3.00. The third-order valence-corrected chi connectivity index (χ3v) is 8.13. The summed E-state index contributed by atoms with van der Waals surface area (Å²) in [4.78, 5) is 0. The normalized spacial score (nSPS) is 26.9. The van der Waals surface area contributed by atoms with E-state index in [0.29, 0.717) is 24.5 Å². The van der Waals surface area contributed by atoms with Gasteiger partial charge < -0.3 is 21.5 Å². The van der Waals surface area contributed by atoms with Crippen LogP contribution < -0.4 is 17.0 Å². The molecule has 2 saturated heterocycles. The quantitative estimate of drug-likeness (QED) is 0.511. The van der Waals surface area contributed by atoms with Crippen LogP contribution in [0.3, 0.4) is 0 Å². The molecule has 2 heterocycles. The monoisotopic (exact) mass is 520 g/mol. The van der Waals surface area contributed by atoms with Crippen LogP contribution in [0.5, 0.6) is 0 Å². The summed E-state index contributed by atoms with van der Waals surface area (Å²) in [5, 5.41) is 10.5. The summed E-state index contributed by atoms with van der Waals surface area (Å²) >= 11 is 0. The fourth-order valence-electron chi connectivity index (χ4n) is 6.46. The molecule has 2 aromatic carbocycles. The van der Waals surface area contributed by atoms with Gasteiger partial charge in [0, 0.05) is 38.5 Å². The molecule has 4 rings (SSSR count). The van der Waals surface area contributed by atoms with E-state index in [1.165, 1.54) is 0 Å². The second kappa shape index (κ2) is 10.2. The van der Waals surface area contributed by atoms with Crippen molar-refractivity contribution in [1.82, 2.24) is 0 Å². The van der Waals surface area contributed by atoms with Crippen LogP contribution in [0.2, 0.25) is 0 Å². The number of quaternary nitrogens is 1. The third-order valence-electron chi connectivity index (χ3n) is 8.13. The molecule has 2 nitrogen and oxygen atoms in total. The van der Waals surface area contributed by atoms with Gasteiger partial charge in [-0.05, 0) is 23.5 Å². The molecular weight excluding hydrogens is 489 g/mol. The van der Waals surface area contributed by atoms with Gasteiger partial charge in [-0.1, -0.05) is 60.7 Å². The molecule has 0 radical (unpaired) electrons. The zero-order valence-corrected chi connectivity index (χ0v) is 20.7. The van der Waals surface area contributed by atoms with E-state index in [0.717, 1.165) is 47.7 Å². The predicted octanol–water partition coefficient (Wildman–Crippen LogP) is 3.62. The Bertz CT molecular complexity index is 886. The Morgan fingerprint density at radius 1 is 0.909 bits per heavy atom. The molecule has 178 valence electrons. The molecule has 6 heteroatoms. The summed E-state index contributed by atoms with van der Waals surface area (Å²) in [7, 11) is 2.17. The maximum atomic E-state index is 12.7. The van der Waals surface area contributed by atoms with Crippen LogP contribution in [0.4, 0.5) is 13.2 Å². The number of piperidine rings is 1. The summed E-state index contributed by atoms with van der Waals surface area (Å²) in [5.41, 5.74) is 1.34. The number of fused-ring (bicyclic) bond motifs is 2. The highest BCUT2D eigenvalue weighted by molar-refractivity contribution is 5.45. The molecule has 2 aliphatic rings. The van der Waals surface area contributed by atoms with Crippen molar-refractivity contribution in [3.63, 3.8) is 0 Å².